The summed E-state index contributed by atoms with van der Waals surface area (Å²) < 4.78 is 0. The Morgan fingerprint density at radius 3 is 2.47 bits per heavy atom. The van der Waals surface area contributed by atoms with Crippen molar-refractivity contribution in [1.82, 2.24) is 0 Å². The number of aliphatic hydroxyl groups excluding tert-OH is 3. The van der Waals surface area contributed by atoms with Gasteiger partial charge in [-0.25, -0.2) is 0 Å². The van der Waals surface area contributed by atoms with Crippen LogP contribution in [0.25, 0.3) is 0 Å². The van der Waals surface area contributed by atoms with E-state index >= 15 is 0 Å². The zero-order chi connectivity index (χ0) is 21.1. The third-order valence-electron chi connectivity index (χ3n) is 10.0. The molecule has 5 nitrogen and oxygen atoms in total. The van der Waals surface area contributed by atoms with Crippen LogP contribution in [-0.2, 0) is 4.79 Å². The van der Waals surface area contributed by atoms with E-state index < -0.39 is 12.1 Å². The maximum absolute atomic E-state index is 11.5. The standard InChI is InChI=1S/C24H39O5.Li/c1-13(4-7-21(28)29)16-5-6-17-22-18(12-20(27)24(16,17)3)23(2)9-8-15(25)10-14(23)11-19(22)26;/h9,13-20,22,25-27H,4-8,10-12H2,1-3H3,(H,28,29);/q-1;+1. The molecule has 0 heterocycles. The molecule has 0 radical (unpaired) electrons. The molecule has 0 bridgehead atoms. The summed E-state index contributed by atoms with van der Waals surface area (Å²) in [5.74, 6) is 0.813. The third-order valence-corrected chi connectivity index (χ3v) is 10.0. The van der Waals surface area contributed by atoms with E-state index in [0.29, 0.717) is 25.2 Å². The molecule has 0 aromatic carbocycles. The van der Waals surface area contributed by atoms with Gasteiger partial charge in [-0.05, 0) is 67.6 Å². The molecule has 166 valence electrons. The van der Waals surface area contributed by atoms with Crippen LogP contribution in [-0.4, -0.2) is 44.7 Å². The largest absolute Gasteiger partial charge is 1.00 e. The number of aliphatic carboxylic acids is 1. The molecule has 30 heavy (non-hydrogen) atoms. The maximum atomic E-state index is 11.5. The third kappa shape index (κ3) is 3.71. The molecule has 4 N–H and O–H groups in total. The van der Waals surface area contributed by atoms with E-state index in [9.17, 15) is 20.1 Å². The Labute approximate surface area is 193 Å². The van der Waals surface area contributed by atoms with Gasteiger partial charge in [0.15, 0.2) is 0 Å². The SMILES string of the molecule is CC(CCC(=O)O)C1CCC2C3C(O)CC4CC(O)C[CH-]C4(C)C3CC(O)C12C.[Li+]. The summed E-state index contributed by atoms with van der Waals surface area (Å²) in [5, 5.41) is 42.0. The van der Waals surface area contributed by atoms with Gasteiger partial charge in [-0.15, -0.1) is 0 Å². The van der Waals surface area contributed by atoms with E-state index in [1.54, 1.807) is 0 Å². The van der Waals surface area contributed by atoms with Crippen molar-refractivity contribution in [3.8, 4) is 0 Å². The molecule has 4 aliphatic carbocycles. The zero-order valence-corrected chi connectivity index (χ0v) is 19.1. The molecule has 0 spiro atoms. The van der Waals surface area contributed by atoms with Gasteiger partial charge >= 0.3 is 24.8 Å². The number of carboxylic acid groups (broad SMARTS) is 1. The van der Waals surface area contributed by atoms with E-state index in [0.717, 1.165) is 25.7 Å². The number of carboxylic acids is 1. The van der Waals surface area contributed by atoms with Crippen molar-refractivity contribution in [2.24, 2.45) is 46.3 Å². The Morgan fingerprint density at radius 2 is 1.80 bits per heavy atom. The van der Waals surface area contributed by atoms with E-state index in [2.05, 4.69) is 27.2 Å². The first-order valence-electron chi connectivity index (χ1n) is 11.7. The zero-order valence-electron chi connectivity index (χ0n) is 19.1. The van der Waals surface area contributed by atoms with Crippen molar-refractivity contribution in [2.45, 2.75) is 90.4 Å². The Hall–Kier alpha value is -0.0526. The van der Waals surface area contributed by atoms with Crippen LogP contribution in [0, 0.1) is 52.8 Å². The fraction of sp³-hybridized carbons (Fsp3) is 0.917. The van der Waals surface area contributed by atoms with Crippen molar-refractivity contribution >= 4 is 5.97 Å². The van der Waals surface area contributed by atoms with Gasteiger partial charge in [0.25, 0.3) is 0 Å². The van der Waals surface area contributed by atoms with Crippen LogP contribution in [0.1, 0.15) is 72.1 Å². The normalized spacial score (nSPS) is 51.1. The second kappa shape index (κ2) is 8.71. The average Bonchev–Trinajstić information content (AvgIpc) is 3.01. The molecule has 11 unspecified atom stereocenters. The summed E-state index contributed by atoms with van der Waals surface area (Å²) in [6.45, 7) is 6.65. The number of rotatable bonds is 4. The minimum Gasteiger partial charge on any atom is -0.481 e. The summed E-state index contributed by atoms with van der Waals surface area (Å²) in [7, 11) is 0. The summed E-state index contributed by atoms with van der Waals surface area (Å²) in [6.07, 6.45) is 6.96. The topological polar surface area (TPSA) is 98.0 Å². The van der Waals surface area contributed by atoms with Crippen molar-refractivity contribution in [2.75, 3.05) is 0 Å². The van der Waals surface area contributed by atoms with E-state index in [4.69, 9.17) is 5.11 Å². The Bertz CT molecular complexity index is 643. The van der Waals surface area contributed by atoms with E-state index in [1.807, 2.05) is 0 Å². The van der Waals surface area contributed by atoms with Crippen molar-refractivity contribution in [3.63, 3.8) is 0 Å². The molecule has 0 aromatic rings. The molecule has 6 heteroatoms. The summed E-state index contributed by atoms with van der Waals surface area (Å²) in [6, 6.07) is 0. The van der Waals surface area contributed by atoms with Crippen molar-refractivity contribution in [1.29, 1.82) is 0 Å². The maximum Gasteiger partial charge on any atom is 1.00 e. The number of hydrogen-bond acceptors (Lipinski definition) is 4. The molecule has 0 aliphatic heterocycles. The molecule has 4 rings (SSSR count). The molecular weight excluding hydrogens is 375 g/mol. The number of hydrogen-bond donors (Lipinski definition) is 4. The monoisotopic (exact) mass is 414 g/mol. The fourth-order valence-corrected chi connectivity index (χ4v) is 8.43. The minimum absolute atomic E-state index is 0. The fourth-order valence-electron chi connectivity index (χ4n) is 8.43. The predicted molar refractivity (Wildman–Crippen MR) is 110 cm³/mol. The first kappa shape index (κ1) is 24.6. The van der Waals surface area contributed by atoms with Crippen LogP contribution in [0.5, 0.6) is 0 Å². The van der Waals surface area contributed by atoms with Crippen LogP contribution in [0.4, 0.5) is 0 Å². The van der Waals surface area contributed by atoms with Gasteiger partial charge in [-0.3, -0.25) is 4.79 Å². The average molecular weight is 415 g/mol. The molecule has 0 aromatic heterocycles. The number of carbonyl (C=O) groups is 1. The summed E-state index contributed by atoms with van der Waals surface area (Å²) in [4.78, 5) is 11.1. The molecule has 4 fully saturated rings. The van der Waals surface area contributed by atoms with E-state index in [-0.39, 0.29) is 77.9 Å². The van der Waals surface area contributed by atoms with Crippen molar-refractivity contribution < 1.29 is 44.1 Å². The molecule has 4 aliphatic rings. The minimum atomic E-state index is -0.752. The van der Waals surface area contributed by atoms with E-state index in [1.165, 1.54) is 0 Å². The second-order valence-corrected chi connectivity index (χ2v) is 11.2. The van der Waals surface area contributed by atoms with Gasteiger partial charge in [0.05, 0.1) is 12.2 Å². The quantitative estimate of drug-likeness (QED) is 0.391. The van der Waals surface area contributed by atoms with Crippen LogP contribution >= 0.6 is 0 Å². The predicted octanol–water partition coefficient (Wildman–Crippen LogP) is 0.267. The first-order chi connectivity index (χ1) is 13.6. The van der Waals surface area contributed by atoms with Gasteiger partial charge in [-0.2, -0.15) is 11.8 Å². The Morgan fingerprint density at radius 1 is 1.10 bits per heavy atom. The number of fused-ring (bicyclic) bond motifs is 5. The first-order valence-corrected chi connectivity index (χ1v) is 11.7. The molecular formula is C24H39LiO5. The van der Waals surface area contributed by atoms with Gasteiger partial charge < -0.3 is 26.8 Å². The summed E-state index contributed by atoms with van der Waals surface area (Å²) >= 11 is 0. The number of aliphatic hydroxyl groups is 3. The Kier molecular flexibility index (Phi) is 7.14. The Balaban J connectivity index is 0.00000256. The van der Waals surface area contributed by atoms with Gasteiger partial charge in [0.2, 0.25) is 0 Å². The van der Waals surface area contributed by atoms with Gasteiger partial charge in [0.1, 0.15) is 0 Å². The smallest absolute Gasteiger partial charge is 0.481 e. The van der Waals surface area contributed by atoms with Crippen LogP contribution < -0.4 is 18.9 Å². The molecule has 11 atom stereocenters. The molecule has 4 saturated carbocycles. The molecule has 0 saturated heterocycles. The van der Waals surface area contributed by atoms with Gasteiger partial charge in [0, 0.05) is 12.5 Å². The van der Waals surface area contributed by atoms with Gasteiger partial charge in [-0.1, -0.05) is 32.6 Å². The second-order valence-electron chi connectivity index (χ2n) is 11.2. The summed E-state index contributed by atoms with van der Waals surface area (Å²) in [5.41, 5.74) is -0.282. The van der Waals surface area contributed by atoms with Crippen LogP contribution in [0.15, 0.2) is 0 Å². The van der Waals surface area contributed by atoms with Crippen molar-refractivity contribution in [3.05, 3.63) is 6.42 Å². The van der Waals surface area contributed by atoms with Crippen LogP contribution in [0.3, 0.4) is 0 Å². The van der Waals surface area contributed by atoms with Crippen LogP contribution in [0.2, 0.25) is 0 Å². The molecule has 0 amide bonds.